The number of primary amides is 1. The number of methoxy groups -OCH3 is 2. The topological polar surface area (TPSA) is 113 Å². The van der Waals surface area contributed by atoms with Crippen molar-refractivity contribution in [2.24, 2.45) is 5.73 Å². The van der Waals surface area contributed by atoms with Gasteiger partial charge in [-0.2, -0.15) is 13.2 Å². The first-order chi connectivity index (χ1) is 16.0. The Morgan fingerprint density at radius 3 is 2.32 bits per heavy atom. The molecule has 0 bridgehead atoms. The van der Waals surface area contributed by atoms with Gasteiger partial charge in [0.05, 0.1) is 19.8 Å². The van der Waals surface area contributed by atoms with E-state index in [1.165, 1.54) is 43.6 Å². The van der Waals surface area contributed by atoms with E-state index >= 15 is 0 Å². The molecule has 8 nitrogen and oxygen atoms in total. The van der Waals surface area contributed by atoms with Crippen LogP contribution >= 0.6 is 11.6 Å². The van der Waals surface area contributed by atoms with Gasteiger partial charge >= 0.3 is 6.18 Å². The van der Waals surface area contributed by atoms with Crippen LogP contribution in [0.3, 0.4) is 0 Å². The highest BCUT2D eigenvalue weighted by Crippen LogP contribution is 2.44. The van der Waals surface area contributed by atoms with E-state index in [2.05, 4.69) is 10.3 Å². The summed E-state index contributed by atoms with van der Waals surface area (Å²) in [4.78, 5) is 28.3. The molecule has 34 heavy (non-hydrogen) atoms. The van der Waals surface area contributed by atoms with Crippen molar-refractivity contribution >= 4 is 29.1 Å². The van der Waals surface area contributed by atoms with Gasteiger partial charge in [-0.25, -0.2) is 0 Å². The van der Waals surface area contributed by atoms with E-state index in [4.69, 9.17) is 31.5 Å². The molecule has 0 saturated carbocycles. The number of alkyl halides is 3. The number of amides is 2. The summed E-state index contributed by atoms with van der Waals surface area (Å²) < 4.78 is 56.8. The number of nitrogens with two attached hydrogens (primary N) is 1. The van der Waals surface area contributed by atoms with Crippen molar-refractivity contribution in [1.82, 2.24) is 4.98 Å². The molecular weight excluding hydrogens is 479 g/mol. The van der Waals surface area contributed by atoms with Crippen LogP contribution in [-0.2, 0) is 6.18 Å². The molecular formula is C22H17ClF3N3O5. The van der Waals surface area contributed by atoms with E-state index < -0.39 is 34.9 Å². The Hall–Kier alpha value is -3.99. The first kappa shape index (κ1) is 24.6. The highest BCUT2D eigenvalue weighted by molar-refractivity contribution is 6.30. The maximum atomic E-state index is 13.6. The van der Waals surface area contributed by atoms with Crippen LogP contribution in [0.2, 0.25) is 5.02 Å². The minimum atomic E-state index is -4.83. The molecule has 0 spiro atoms. The monoisotopic (exact) mass is 495 g/mol. The number of carbonyl (C=O) groups excluding carboxylic acids is 2. The van der Waals surface area contributed by atoms with E-state index in [-0.39, 0.29) is 33.7 Å². The average Bonchev–Trinajstić information content (AvgIpc) is 2.78. The van der Waals surface area contributed by atoms with Gasteiger partial charge in [0.25, 0.3) is 11.8 Å². The van der Waals surface area contributed by atoms with Crippen molar-refractivity contribution in [3.63, 3.8) is 0 Å². The Labute approximate surface area is 196 Å². The summed E-state index contributed by atoms with van der Waals surface area (Å²) >= 11 is 6.00. The van der Waals surface area contributed by atoms with Crippen molar-refractivity contribution < 1.29 is 37.0 Å². The first-order valence-corrected chi connectivity index (χ1v) is 9.79. The Kier molecular flexibility index (Phi) is 7.16. The molecule has 0 atom stereocenters. The molecule has 2 amide bonds. The molecule has 178 valence electrons. The third-order valence-corrected chi connectivity index (χ3v) is 4.71. The fourth-order valence-electron chi connectivity index (χ4n) is 2.99. The average molecular weight is 496 g/mol. The van der Waals surface area contributed by atoms with Crippen molar-refractivity contribution in [3.05, 3.63) is 70.5 Å². The van der Waals surface area contributed by atoms with E-state index in [1.54, 1.807) is 0 Å². The number of ether oxygens (including phenoxy) is 3. The highest BCUT2D eigenvalue weighted by atomic mass is 35.5. The van der Waals surface area contributed by atoms with Gasteiger partial charge in [0.15, 0.2) is 11.5 Å². The van der Waals surface area contributed by atoms with Gasteiger partial charge in [-0.3, -0.25) is 14.6 Å². The molecule has 0 fully saturated rings. The lowest BCUT2D eigenvalue weighted by atomic mass is 10.1. The molecule has 1 aromatic heterocycles. The molecule has 1 heterocycles. The van der Waals surface area contributed by atoms with Crippen LogP contribution in [0.25, 0.3) is 0 Å². The number of hydrogen-bond donors (Lipinski definition) is 2. The molecule has 3 N–H and O–H groups in total. The van der Waals surface area contributed by atoms with Gasteiger partial charge in [-0.1, -0.05) is 11.6 Å². The number of halogens is 4. The van der Waals surface area contributed by atoms with Gasteiger partial charge in [0.1, 0.15) is 22.8 Å². The fraction of sp³-hybridized carbons (Fsp3) is 0.136. The second kappa shape index (κ2) is 9.87. The quantitative estimate of drug-likeness (QED) is 0.481. The number of hydrogen-bond acceptors (Lipinski definition) is 6. The zero-order valence-corrected chi connectivity index (χ0v) is 18.5. The maximum Gasteiger partial charge on any atom is 0.419 e. The van der Waals surface area contributed by atoms with Crippen LogP contribution in [0.1, 0.15) is 26.4 Å². The lowest BCUT2D eigenvalue weighted by Gasteiger charge is -2.19. The van der Waals surface area contributed by atoms with Gasteiger partial charge in [-0.05, 0) is 36.4 Å². The van der Waals surface area contributed by atoms with E-state index in [0.717, 1.165) is 19.2 Å². The number of aromatic nitrogens is 1. The molecule has 0 aliphatic heterocycles. The molecule has 12 heteroatoms. The molecule has 0 aliphatic carbocycles. The molecule has 0 aliphatic rings. The summed E-state index contributed by atoms with van der Waals surface area (Å²) in [6.45, 7) is 0. The highest BCUT2D eigenvalue weighted by Gasteiger charge is 2.38. The number of rotatable bonds is 7. The predicted octanol–water partition coefficient (Wildman–Crippen LogP) is 4.91. The maximum absolute atomic E-state index is 13.6. The second-order valence-corrected chi connectivity index (χ2v) is 7.10. The number of carbonyl (C=O) groups is 2. The number of benzene rings is 2. The standard InChI is InChI=1S/C22H17ClF3N3O5/c1-32-15-5-3-11(23)9-17(15)34-16-6-4-13(22(24,25)26)19(33-2)18(16)21(31)29-12-7-8-28-14(10-12)20(27)30/h3-10H,1-2H3,(H2,27,30)(H,28,29,31). The zero-order chi connectivity index (χ0) is 25.0. The molecule has 3 rings (SSSR count). The zero-order valence-electron chi connectivity index (χ0n) is 17.7. The van der Waals surface area contributed by atoms with Crippen LogP contribution in [0, 0.1) is 0 Å². The smallest absolute Gasteiger partial charge is 0.419 e. The Morgan fingerprint density at radius 1 is 1.00 bits per heavy atom. The van der Waals surface area contributed by atoms with Crippen LogP contribution in [0.4, 0.5) is 18.9 Å². The number of nitrogens with zero attached hydrogens (tertiary/aromatic N) is 1. The third-order valence-electron chi connectivity index (χ3n) is 4.47. The van der Waals surface area contributed by atoms with Crippen LogP contribution in [0.15, 0.2) is 48.7 Å². The van der Waals surface area contributed by atoms with Crippen LogP contribution < -0.4 is 25.3 Å². The van der Waals surface area contributed by atoms with E-state index in [0.29, 0.717) is 0 Å². The van der Waals surface area contributed by atoms with E-state index in [1.807, 2.05) is 0 Å². The summed E-state index contributed by atoms with van der Waals surface area (Å²) in [7, 11) is 2.35. The van der Waals surface area contributed by atoms with Crippen molar-refractivity contribution in [3.8, 4) is 23.0 Å². The summed E-state index contributed by atoms with van der Waals surface area (Å²) in [5.41, 5.74) is 3.33. The predicted molar refractivity (Wildman–Crippen MR) is 117 cm³/mol. The molecule has 0 unspecified atom stereocenters. The molecule has 0 saturated heterocycles. The molecule has 3 aromatic rings. The Morgan fingerprint density at radius 2 is 1.71 bits per heavy atom. The minimum absolute atomic E-state index is 0.0470. The van der Waals surface area contributed by atoms with Crippen molar-refractivity contribution in [2.45, 2.75) is 6.18 Å². The number of anilines is 1. The lowest BCUT2D eigenvalue weighted by molar-refractivity contribution is -0.138. The van der Waals surface area contributed by atoms with Crippen LogP contribution in [0.5, 0.6) is 23.0 Å². The number of pyridine rings is 1. The summed E-state index contributed by atoms with van der Waals surface area (Å²) in [5.74, 6) is -2.65. The van der Waals surface area contributed by atoms with E-state index in [9.17, 15) is 22.8 Å². The van der Waals surface area contributed by atoms with Crippen molar-refractivity contribution in [1.29, 1.82) is 0 Å². The second-order valence-electron chi connectivity index (χ2n) is 6.66. The Balaban J connectivity index is 2.14. The third kappa shape index (κ3) is 5.31. The summed E-state index contributed by atoms with van der Waals surface area (Å²) in [6, 6.07) is 8.57. The Bertz CT molecular complexity index is 1250. The van der Waals surface area contributed by atoms with Gasteiger partial charge in [0.2, 0.25) is 0 Å². The number of nitrogens with one attached hydrogen (secondary N) is 1. The summed E-state index contributed by atoms with van der Waals surface area (Å²) in [5, 5.41) is 2.66. The van der Waals surface area contributed by atoms with Crippen LogP contribution in [-0.4, -0.2) is 31.0 Å². The first-order valence-electron chi connectivity index (χ1n) is 9.42. The normalized spacial score (nSPS) is 11.0. The SMILES string of the molecule is COc1ccc(Cl)cc1Oc1ccc(C(F)(F)F)c(OC)c1C(=O)Nc1ccnc(C(N)=O)c1. The van der Waals surface area contributed by atoms with Crippen molar-refractivity contribution in [2.75, 3.05) is 19.5 Å². The lowest BCUT2D eigenvalue weighted by Crippen LogP contribution is -2.19. The minimum Gasteiger partial charge on any atom is -0.495 e. The largest absolute Gasteiger partial charge is 0.495 e. The van der Waals surface area contributed by atoms with Gasteiger partial charge < -0.3 is 25.3 Å². The fourth-order valence-corrected chi connectivity index (χ4v) is 3.15. The van der Waals surface area contributed by atoms with Gasteiger partial charge in [0, 0.05) is 23.0 Å². The molecule has 0 radical (unpaired) electrons. The molecule has 2 aromatic carbocycles. The summed E-state index contributed by atoms with van der Waals surface area (Å²) in [6.07, 6.45) is -3.63. The van der Waals surface area contributed by atoms with Gasteiger partial charge in [-0.15, -0.1) is 0 Å².